The zero-order valence-corrected chi connectivity index (χ0v) is 21.4. The van der Waals surface area contributed by atoms with Gasteiger partial charge in [0.1, 0.15) is 5.75 Å². The zero-order chi connectivity index (χ0) is 21.4. The van der Waals surface area contributed by atoms with Gasteiger partial charge in [-0.05, 0) is 49.6 Å². The second-order valence-electron chi connectivity index (χ2n) is 7.36. The van der Waals surface area contributed by atoms with Gasteiger partial charge in [-0.1, -0.05) is 24.3 Å². The van der Waals surface area contributed by atoms with Crippen LogP contribution in [-0.2, 0) is 11.3 Å². The summed E-state index contributed by atoms with van der Waals surface area (Å²) in [6.45, 7) is 5.72. The molecule has 0 bridgehead atoms. The van der Waals surface area contributed by atoms with Crippen LogP contribution in [0.4, 0.5) is 5.69 Å². The molecule has 2 aromatic carbocycles. The van der Waals surface area contributed by atoms with Gasteiger partial charge in [0.2, 0.25) is 5.91 Å². The summed E-state index contributed by atoms with van der Waals surface area (Å²) in [6, 6.07) is 16.3. The van der Waals surface area contributed by atoms with Crippen molar-refractivity contribution in [3.63, 3.8) is 0 Å². The van der Waals surface area contributed by atoms with Crippen molar-refractivity contribution in [1.29, 1.82) is 0 Å². The number of anilines is 1. The Bertz CT molecular complexity index is 888. The number of hydrogen-bond donors (Lipinski definition) is 3. The molecular formula is C23H31IN4O2S. The van der Waals surface area contributed by atoms with Crippen molar-refractivity contribution in [2.45, 2.75) is 42.9 Å². The molecule has 1 saturated carbocycles. The number of nitrogens with one attached hydrogen (secondary N) is 3. The number of thioether (sulfide) groups is 1. The smallest absolute Gasteiger partial charge is 0.221 e. The fourth-order valence-corrected chi connectivity index (χ4v) is 4.33. The molecule has 1 aliphatic carbocycles. The lowest BCUT2D eigenvalue weighted by atomic mass is 10.2. The minimum atomic E-state index is -0.130. The van der Waals surface area contributed by atoms with E-state index in [4.69, 9.17) is 9.73 Å². The third-order valence-electron chi connectivity index (χ3n) is 4.80. The van der Waals surface area contributed by atoms with Crippen molar-refractivity contribution >= 4 is 53.3 Å². The summed E-state index contributed by atoms with van der Waals surface area (Å²) < 4.78 is 5.57. The first-order chi connectivity index (χ1) is 14.5. The fourth-order valence-electron chi connectivity index (χ4n) is 3.09. The topological polar surface area (TPSA) is 74.8 Å². The maximum absolute atomic E-state index is 11.4. The summed E-state index contributed by atoms with van der Waals surface area (Å²) >= 11 is 1.94. The third-order valence-corrected chi connectivity index (χ3v) is 6.30. The summed E-state index contributed by atoms with van der Waals surface area (Å²) in [5, 5.41) is 9.64. The van der Waals surface area contributed by atoms with Gasteiger partial charge in [0.25, 0.3) is 0 Å². The number of amides is 1. The molecule has 2 aromatic rings. The van der Waals surface area contributed by atoms with Gasteiger partial charge in [-0.3, -0.25) is 4.79 Å². The Morgan fingerprint density at radius 1 is 1.16 bits per heavy atom. The number of rotatable bonds is 9. The zero-order valence-electron chi connectivity index (χ0n) is 18.2. The summed E-state index contributed by atoms with van der Waals surface area (Å²) in [4.78, 5) is 17.5. The van der Waals surface area contributed by atoms with Gasteiger partial charge in [0.15, 0.2) is 5.96 Å². The third kappa shape index (κ3) is 7.92. The molecule has 31 heavy (non-hydrogen) atoms. The van der Waals surface area contributed by atoms with Crippen molar-refractivity contribution in [2.75, 3.05) is 25.5 Å². The van der Waals surface area contributed by atoms with E-state index >= 15 is 0 Å². The lowest BCUT2D eigenvalue weighted by Gasteiger charge is -2.18. The van der Waals surface area contributed by atoms with Crippen LogP contribution in [0.2, 0.25) is 0 Å². The number of benzene rings is 2. The molecule has 0 radical (unpaired) electrons. The summed E-state index contributed by atoms with van der Waals surface area (Å²) in [5.74, 6) is 1.31. The lowest BCUT2D eigenvalue weighted by Crippen LogP contribution is -2.41. The molecule has 3 rings (SSSR count). The quantitative estimate of drug-likeness (QED) is 0.239. The van der Waals surface area contributed by atoms with Crippen LogP contribution in [0.3, 0.4) is 0 Å². The van der Waals surface area contributed by atoms with Crippen LogP contribution in [-0.4, -0.2) is 36.8 Å². The second kappa shape index (κ2) is 12.2. The highest BCUT2D eigenvalue weighted by Gasteiger charge is 2.43. The van der Waals surface area contributed by atoms with Crippen LogP contribution in [0.5, 0.6) is 5.75 Å². The number of carbonyl (C=O) groups excluding carboxylic acids is 1. The van der Waals surface area contributed by atoms with Crippen molar-refractivity contribution in [1.82, 2.24) is 10.6 Å². The van der Waals surface area contributed by atoms with E-state index < -0.39 is 0 Å². The minimum Gasteiger partial charge on any atom is -0.495 e. The molecule has 1 aliphatic rings. The van der Waals surface area contributed by atoms with Crippen LogP contribution in [0.15, 0.2) is 58.4 Å². The van der Waals surface area contributed by atoms with Crippen molar-refractivity contribution < 1.29 is 9.53 Å². The maximum atomic E-state index is 11.4. The second-order valence-corrected chi connectivity index (χ2v) is 8.90. The first-order valence-electron chi connectivity index (χ1n) is 10.2. The van der Waals surface area contributed by atoms with Crippen molar-refractivity contribution in [3.8, 4) is 5.75 Å². The Hall–Kier alpha value is -1.94. The summed E-state index contributed by atoms with van der Waals surface area (Å²) in [5.41, 5.74) is 1.66. The number of methoxy groups -OCH3 is 1. The summed E-state index contributed by atoms with van der Waals surface area (Å²) in [7, 11) is 1.59. The van der Waals surface area contributed by atoms with Crippen molar-refractivity contribution in [2.24, 2.45) is 4.99 Å². The molecule has 3 N–H and O–H groups in total. The minimum absolute atomic E-state index is 0. The number of aliphatic imine (C=N–C) groups is 1. The molecule has 1 amide bonds. The van der Waals surface area contributed by atoms with Gasteiger partial charge < -0.3 is 20.7 Å². The Kier molecular flexibility index (Phi) is 9.95. The fraction of sp³-hybridized carbons (Fsp3) is 0.391. The molecule has 0 aliphatic heterocycles. The molecule has 0 heterocycles. The molecular weight excluding hydrogens is 523 g/mol. The number of hydrogen-bond acceptors (Lipinski definition) is 4. The molecule has 6 nitrogen and oxygen atoms in total. The van der Waals surface area contributed by atoms with Crippen LogP contribution < -0.4 is 20.7 Å². The van der Waals surface area contributed by atoms with E-state index in [1.54, 1.807) is 7.11 Å². The Labute approximate surface area is 206 Å². The average Bonchev–Trinajstić information content (AvgIpc) is 3.50. The Morgan fingerprint density at radius 2 is 1.90 bits per heavy atom. The van der Waals surface area contributed by atoms with Gasteiger partial charge in [-0.15, -0.1) is 35.7 Å². The van der Waals surface area contributed by atoms with Crippen molar-refractivity contribution in [3.05, 3.63) is 54.1 Å². The molecule has 0 aromatic heterocycles. The first-order valence-corrected chi connectivity index (χ1v) is 11.1. The number of nitrogens with zero attached hydrogens (tertiary/aromatic N) is 1. The van der Waals surface area contributed by atoms with Gasteiger partial charge >= 0.3 is 0 Å². The van der Waals surface area contributed by atoms with E-state index in [2.05, 4.69) is 47.1 Å². The molecule has 8 heteroatoms. The van der Waals surface area contributed by atoms with Crippen LogP contribution in [0.1, 0.15) is 32.3 Å². The highest BCUT2D eigenvalue weighted by Crippen LogP contribution is 2.51. The van der Waals surface area contributed by atoms with E-state index in [0.29, 0.717) is 18.0 Å². The standard InChI is InChI=1S/C23H30N4O2S.HI/c1-4-24-22(26-16-23(12-13-23)30-19-8-6-5-7-9-19)25-15-18-10-11-21(29-3)20(14-18)27-17(2)28;/h5-11,14H,4,12-13,15-16H2,1-3H3,(H,27,28)(H2,24,25,26);1H. The predicted molar refractivity (Wildman–Crippen MR) is 140 cm³/mol. The van der Waals surface area contributed by atoms with E-state index in [0.717, 1.165) is 24.6 Å². The predicted octanol–water partition coefficient (Wildman–Crippen LogP) is 4.65. The van der Waals surface area contributed by atoms with Gasteiger partial charge in [-0.25, -0.2) is 4.99 Å². The maximum Gasteiger partial charge on any atom is 0.221 e. The molecule has 0 spiro atoms. The molecule has 168 valence electrons. The number of ether oxygens (including phenoxy) is 1. The largest absolute Gasteiger partial charge is 0.495 e. The monoisotopic (exact) mass is 554 g/mol. The normalized spacial score (nSPS) is 14.2. The molecule has 0 unspecified atom stereocenters. The van der Waals surface area contributed by atoms with Crippen LogP contribution >= 0.6 is 35.7 Å². The van der Waals surface area contributed by atoms with Crippen LogP contribution in [0, 0.1) is 0 Å². The van der Waals surface area contributed by atoms with Gasteiger partial charge in [-0.2, -0.15) is 0 Å². The van der Waals surface area contributed by atoms with E-state index in [9.17, 15) is 4.79 Å². The summed E-state index contributed by atoms with van der Waals surface area (Å²) in [6.07, 6.45) is 2.41. The first kappa shape index (κ1) is 25.3. The van der Waals surface area contributed by atoms with E-state index in [-0.39, 0.29) is 34.6 Å². The SMILES string of the molecule is CCNC(=NCc1ccc(OC)c(NC(C)=O)c1)NCC1(Sc2ccccc2)CC1.I. The van der Waals surface area contributed by atoms with E-state index in [1.165, 1.54) is 24.7 Å². The lowest BCUT2D eigenvalue weighted by molar-refractivity contribution is -0.114. The van der Waals surface area contributed by atoms with Gasteiger partial charge in [0.05, 0.1) is 19.3 Å². The Morgan fingerprint density at radius 3 is 2.52 bits per heavy atom. The number of guanidine groups is 1. The Balaban J connectivity index is 0.00000341. The van der Waals surface area contributed by atoms with Crippen LogP contribution in [0.25, 0.3) is 0 Å². The molecule has 1 fully saturated rings. The number of halogens is 1. The number of carbonyl (C=O) groups is 1. The van der Waals surface area contributed by atoms with Gasteiger partial charge in [0, 0.05) is 29.7 Å². The molecule has 0 saturated heterocycles. The highest BCUT2D eigenvalue weighted by atomic mass is 127. The highest BCUT2D eigenvalue weighted by molar-refractivity contribution is 14.0. The van der Waals surface area contributed by atoms with E-state index in [1.807, 2.05) is 36.0 Å². The average molecular weight is 554 g/mol. The molecule has 0 atom stereocenters.